The van der Waals surface area contributed by atoms with Gasteiger partial charge in [-0.3, -0.25) is 14.5 Å². The average molecular weight is 538 g/mol. The molecular formula is C26H20BrNO7. The number of rotatable bonds is 5. The molecule has 35 heavy (non-hydrogen) atoms. The Kier molecular flexibility index (Phi) is 5.86. The van der Waals surface area contributed by atoms with Crippen LogP contribution in [0.5, 0.6) is 23.0 Å². The van der Waals surface area contributed by atoms with E-state index in [1.807, 2.05) is 0 Å². The molecule has 0 spiro atoms. The monoisotopic (exact) mass is 537 g/mol. The maximum Gasteiger partial charge on any atom is 0.300 e. The Morgan fingerprint density at radius 3 is 2.37 bits per heavy atom. The first-order chi connectivity index (χ1) is 16.9. The van der Waals surface area contributed by atoms with Crippen molar-refractivity contribution in [1.29, 1.82) is 0 Å². The van der Waals surface area contributed by atoms with Crippen LogP contribution in [-0.4, -0.2) is 37.8 Å². The van der Waals surface area contributed by atoms with E-state index in [1.54, 1.807) is 60.7 Å². The van der Waals surface area contributed by atoms with Crippen LogP contribution in [0.15, 0.2) is 70.7 Å². The predicted octanol–water partition coefficient (Wildman–Crippen LogP) is 4.82. The minimum atomic E-state index is -0.932. The van der Waals surface area contributed by atoms with Crippen LogP contribution in [0.2, 0.25) is 0 Å². The maximum atomic E-state index is 13.4. The number of hydrogen-bond acceptors (Lipinski definition) is 7. The molecule has 0 bridgehead atoms. The minimum Gasteiger partial charge on any atom is -0.507 e. The van der Waals surface area contributed by atoms with Crippen LogP contribution in [0, 0.1) is 0 Å². The maximum absolute atomic E-state index is 13.4. The van der Waals surface area contributed by atoms with Crippen molar-refractivity contribution in [3.8, 4) is 23.0 Å². The first-order valence-corrected chi connectivity index (χ1v) is 11.4. The predicted molar refractivity (Wildman–Crippen MR) is 131 cm³/mol. The van der Waals surface area contributed by atoms with E-state index in [-0.39, 0.29) is 18.1 Å². The molecule has 1 N–H and O–H groups in total. The van der Waals surface area contributed by atoms with Crippen LogP contribution in [0.25, 0.3) is 5.76 Å². The highest BCUT2D eigenvalue weighted by Gasteiger charge is 2.47. The van der Waals surface area contributed by atoms with Gasteiger partial charge in [0.25, 0.3) is 11.7 Å². The van der Waals surface area contributed by atoms with E-state index < -0.39 is 17.7 Å². The summed E-state index contributed by atoms with van der Waals surface area (Å²) < 4.78 is 22.5. The van der Waals surface area contributed by atoms with Crippen molar-refractivity contribution >= 4 is 39.1 Å². The lowest BCUT2D eigenvalue weighted by molar-refractivity contribution is -0.132. The summed E-state index contributed by atoms with van der Waals surface area (Å²) in [4.78, 5) is 28.0. The number of hydrogen-bond donors (Lipinski definition) is 1. The van der Waals surface area contributed by atoms with Gasteiger partial charge in [0.05, 0.1) is 25.8 Å². The van der Waals surface area contributed by atoms with Gasteiger partial charge in [-0.1, -0.05) is 34.1 Å². The zero-order valence-corrected chi connectivity index (χ0v) is 20.4. The van der Waals surface area contributed by atoms with Crippen molar-refractivity contribution < 1.29 is 33.6 Å². The van der Waals surface area contributed by atoms with Gasteiger partial charge in [0.15, 0.2) is 23.0 Å². The third-order valence-corrected chi connectivity index (χ3v) is 6.45. The lowest BCUT2D eigenvalue weighted by Gasteiger charge is -2.26. The number of anilines is 1. The van der Waals surface area contributed by atoms with Crippen LogP contribution in [-0.2, 0) is 9.59 Å². The molecule has 9 heteroatoms. The molecule has 0 saturated carbocycles. The summed E-state index contributed by atoms with van der Waals surface area (Å²) >= 11 is 3.37. The third kappa shape index (κ3) is 3.87. The summed E-state index contributed by atoms with van der Waals surface area (Å²) in [5, 5.41) is 11.2. The van der Waals surface area contributed by atoms with Gasteiger partial charge in [-0.25, -0.2) is 0 Å². The Morgan fingerprint density at radius 2 is 1.66 bits per heavy atom. The van der Waals surface area contributed by atoms with Gasteiger partial charge in [-0.15, -0.1) is 0 Å². The Bertz CT molecular complexity index is 1370. The number of aliphatic hydroxyl groups excluding tert-OH is 1. The summed E-state index contributed by atoms with van der Waals surface area (Å²) in [6.45, 7) is 0.0697. The number of ether oxygens (including phenoxy) is 4. The number of benzene rings is 3. The summed E-state index contributed by atoms with van der Waals surface area (Å²) in [5.41, 5.74) is 1.34. The van der Waals surface area contributed by atoms with Gasteiger partial charge in [0.2, 0.25) is 6.79 Å². The van der Waals surface area contributed by atoms with Crippen molar-refractivity contribution in [2.24, 2.45) is 0 Å². The SMILES string of the molecule is COc1ccc(C2/C(=C(\O)c3ccc(Br)cc3)C(=O)C(=O)N2c2ccc3c(c2)OCO3)cc1OC. The van der Waals surface area contributed by atoms with Crippen LogP contribution < -0.4 is 23.8 Å². The number of Topliss-reactive ketones (excluding diaryl/α,β-unsaturated/α-hetero) is 1. The zero-order chi connectivity index (χ0) is 24.7. The molecule has 8 nitrogen and oxygen atoms in total. The summed E-state index contributed by atoms with van der Waals surface area (Å²) in [5.74, 6) is 0.0596. The van der Waals surface area contributed by atoms with Crippen LogP contribution >= 0.6 is 15.9 Å². The largest absolute Gasteiger partial charge is 0.507 e. The minimum absolute atomic E-state index is 0.0396. The van der Waals surface area contributed by atoms with Crippen molar-refractivity contribution in [3.05, 3.63) is 81.8 Å². The zero-order valence-electron chi connectivity index (χ0n) is 18.8. The second kappa shape index (κ2) is 8.99. The Labute approximate surface area is 209 Å². The van der Waals surface area contributed by atoms with Crippen LogP contribution in [0.4, 0.5) is 5.69 Å². The number of fused-ring (bicyclic) bond motifs is 1. The summed E-state index contributed by atoms with van der Waals surface area (Å²) in [7, 11) is 3.02. The van der Waals surface area contributed by atoms with Gasteiger partial charge in [-0.05, 0) is 42.0 Å². The van der Waals surface area contributed by atoms with Crippen molar-refractivity contribution in [2.45, 2.75) is 6.04 Å². The molecule has 2 aliphatic heterocycles. The number of halogens is 1. The van der Waals surface area contributed by atoms with Gasteiger partial charge in [0.1, 0.15) is 5.76 Å². The number of amides is 1. The van der Waals surface area contributed by atoms with E-state index in [0.29, 0.717) is 39.8 Å². The highest BCUT2D eigenvalue weighted by molar-refractivity contribution is 9.10. The molecule has 0 radical (unpaired) electrons. The number of aliphatic hydroxyl groups is 1. The fourth-order valence-electron chi connectivity index (χ4n) is 4.24. The van der Waals surface area contributed by atoms with E-state index in [4.69, 9.17) is 18.9 Å². The van der Waals surface area contributed by atoms with Crippen molar-refractivity contribution in [1.82, 2.24) is 0 Å². The molecular weight excluding hydrogens is 518 g/mol. The normalized spacial score (nSPS) is 18.1. The van der Waals surface area contributed by atoms with E-state index in [1.165, 1.54) is 19.1 Å². The number of methoxy groups -OCH3 is 2. The molecule has 3 aromatic rings. The number of carbonyl (C=O) groups excluding carboxylic acids is 2. The molecule has 1 saturated heterocycles. The molecule has 178 valence electrons. The number of carbonyl (C=O) groups is 2. The third-order valence-electron chi connectivity index (χ3n) is 5.92. The van der Waals surface area contributed by atoms with E-state index in [9.17, 15) is 14.7 Å². The van der Waals surface area contributed by atoms with Gasteiger partial charge >= 0.3 is 0 Å². The Balaban J connectivity index is 1.72. The quantitative estimate of drug-likeness (QED) is 0.283. The smallest absolute Gasteiger partial charge is 0.300 e. The van der Waals surface area contributed by atoms with Crippen LogP contribution in [0.1, 0.15) is 17.2 Å². The molecule has 3 aromatic carbocycles. The standard InChI is InChI=1S/C26H20BrNO7/c1-32-18-9-5-15(11-20(18)33-2)23-22(24(29)14-3-6-16(27)7-4-14)25(30)26(31)28(23)17-8-10-19-21(12-17)35-13-34-19/h3-12,23,29H,13H2,1-2H3/b24-22+. The fourth-order valence-corrected chi connectivity index (χ4v) is 4.50. The van der Waals surface area contributed by atoms with Gasteiger partial charge < -0.3 is 24.1 Å². The van der Waals surface area contributed by atoms with Crippen molar-refractivity contribution in [3.63, 3.8) is 0 Å². The van der Waals surface area contributed by atoms with E-state index in [2.05, 4.69) is 15.9 Å². The summed E-state index contributed by atoms with van der Waals surface area (Å²) in [6.07, 6.45) is 0. The lowest BCUT2D eigenvalue weighted by Crippen LogP contribution is -2.29. The molecule has 0 aromatic heterocycles. The highest BCUT2D eigenvalue weighted by Crippen LogP contribution is 2.46. The van der Waals surface area contributed by atoms with E-state index in [0.717, 1.165) is 4.47 Å². The topological polar surface area (TPSA) is 94.5 Å². The molecule has 1 amide bonds. The lowest BCUT2D eigenvalue weighted by atomic mass is 9.94. The number of nitrogens with zero attached hydrogens (tertiary/aromatic N) is 1. The second-order valence-corrected chi connectivity index (χ2v) is 8.74. The summed E-state index contributed by atoms with van der Waals surface area (Å²) in [6, 6.07) is 16.0. The van der Waals surface area contributed by atoms with E-state index >= 15 is 0 Å². The molecule has 1 atom stereocenters. The molecule has 2 aliphatic rings. The molecule has 0 aliphatic carbocycles. The Hall–Kier alpha value is -3.98. The first kappa shape index (κ1) is 22.8. The first-order valence-electron chi connectivity index (χ1n) is 10.6. The molecule has 5 rings (SSSR count). The van der Waals surface area contributed by atoms with Crippen molar-refractivity contribution in [2.75, 3.05) is 25.9 Å². The second-order valence-electron chi connectivity index (χ2n) is 7.83. The number of ketones is 1. The van der Waals surface area contributed by atoms with Crippen LogP contribution in [0.3, 0.4) is 0 Å². The van der Waals surface area contributed by atoms with Gasteiger partial charge in [-0.2, -0.15) is 0 Å². The fraction of sp³-hybridized carbons (Fsp3) is 0.154. The molecule has 1 fully saturated rings. The van der Waals surface area contributed by atoms with Gasteiger partial charge in [0, 0.05) is 21.8 Å². The highest BCUT2D eigenvalue weighted by atomic mass is 79.9. The molecule has 2 heterocycles. The average Bonchev–Trinajstić information content (AvgIpc) is 3.45. The molecule has 1 unspecified atom stereocenters. The Morgan fingerprint density at radius 1 is 0.943 bits per heavy atom.